The third-order valence-electron chi connectivity index (χ3n) is 6.89. The van der Waals surface area contributed by atoms with Crippen LogP contribution in [-0.2, 0) is 4.74 Å². The fourth-order valence-corrected chi connectivity index (χ4v) is 5.38. The molecule has 0 saturated carbocycles. The Morgan fingerprint density at radius 2 is 2.20 bits per heavy atom. The van der Waals surface area contributed by atoms with Gasteiger partial charge >= 0.3 is 6.03 Å². The van der Waals surface area contributed by atoms with Gasteiger partial charge in [0.1, 0.15) is 23.5 Å². The zero-order valence-electron chi connectivity index (χ0n) is 22.0. The second-order valence-electron chi connectivity index (χ2n) is 9.40. The fourth-order valence-electron chi connectivity index (χ4n) is 5.09. The summed E-state index contributed by atoms with van der Waals surface area (Å²) >= 11 is 6.57. The van der Waals surface area contributed by atoms with Crippen molar-refractivity contribution in [1.29, 1.82) is 0 Å². The van der Waals surface area contributed by atoms with E-state index >= 15 is 0 Å². The van der Waals surface area contributed by atoms with Gasteiger partial charge in [0.2, 0.25) is 0 Å². The number of nitrogens with one attached hydrogen (secondary N) is 2. The van der Waals surface area contributed by atoms with Gasteiger partial charge in [0.25, 0.3) is 5.56 Å². The topological polar surface area (TPSA) is 140 Å². The number of rotatable bonds is 7. The van der Waals surface area contributed by atoms with Gasteiger partial charge in [-0.15, -0.1) is 6.42 Å². The summed E-state index contributed by atoms with van der Waals surface area (Å²) in [7, 11) is 1.56. The molecule has 0 bridgehead atoms. The highest BCUT2D eigenvalue weighted by Crippen LogP contribution is 2.36. The molecule has 1 saturated heterocycles. The molecule has 0 unspecified atom stereocenters. The summed E-state index contributed by atoms with van der Waals surface area (Å²) in [6, 6.07) is 6.31. The summed E-state index contributed by atoms with van der Waals surface area (Å²) < 4.78 is 6.54. The van der Waals surface area contributed by atoms with Gasteiger partial charge in [0.05, 0.1) is 28.9 Å². The monoisotopic (exact) mass is 560 g/mol. The van der Waals surface area contributed by atoms with Crippen molar-refractivity contribution in [3.05, 3.63) is 62.9 Å². The van der Waals surface area contributed by atoms with Crippen molar-refractivity contribution < 1.29 is 9.53 Å². The van der Waals surface area contributed by atoms with Gasteiger partial charge < -0.3 is 26.0 Å². The van der Waals surface area contributed by atoms with Crippen molar-refractivity contribution in [2.24, 2.45) is 0 Å². The molecule has 1 aliphatic heterocycles. The van der Waals surface area contributed by atoms with E-state index in [9.17, 15) is 9.59 Å². The number of hydrogen-bond donors (Lipinski definition) is 3. The zero-order valence-corrected chi connectivity index (χ0v) is 22.7. The van der Waals surface area contributed by atoms with Crippen LogP contribution in [0.15, 0.2) is 35.4 Å². The average Bonchev–Trinajstić information content (AvgIpc) is 3.43. The van der Waals surface area contributed by atoms with Crippen molar-refractivity contribution in [2.75, 3.05) is 42.8 Å². The number of carbonyl (C=O) groups excluding carboxylic acids is 1. The standard InChI is InChI=1S/C28H29ClN8O3/c1-3-19-24(30)32-16-33-25(19)36-13-6-11-22(36)26-35-21-10-5-9-20(29)23(21)27(38)37(26)18-8-4-7-17(15-18)34-28(39)31-12-14-40-2/h1,4,7-8,10,15-16,22H,5-6,9,11-14H2,2H3,(H2,30,32,33)(H2,31,34,39)/t22-/m0/s1. The number of nitrogens with two attached hydrogens (primary N) is 1. The van der Waals surface area contributed by atoms with Gasteiger partial charge in [-0.25, -0.2) is 19.7 Å². The van der Waals surface area contributed by atoms with Crippen LogP contribution in [0.3, 0.4) is 0 Å². The first-order valence-electron chi connectivity index (χ1n) is 12.9. The van der Waals surface area contributed by atoms with Gasteiger partial charge in [-0.05, 0) is 43.9 Å². The van der Waals surface area contributed by atoms with Crippen molar-refractivity contribution in [1.82, 2.24) is 24.8 Å². The molecular formula is C28H29ClN8O3. The Balaban J connectivity index is 1.65. The normalized spacial score (nSPS) is 16.2. The number of fused-ring (bicyclic) bond motifs is 1. The van der Waals surface area contributed by atoms with Crippen LogP contribution in [0, 0.1) is 12.3 Å². The number of anilines is 3. The van der Waals surface area contributed by atoms with E-state index in [2.05, 4.69) is 26.5 Å². The summed E-state index contributed by atoms with van der Waals surface area (Å²) in [5.74, 6) is 3.86. The lowest BCUT2D eigenvalue weighted by atomic mass is 10.1. The van der Waals surface area contributed by atoms with Crippen LogP contribution in [0.25, 0.3) is 16.8 Å². The summed E-state index contributed by atoms with van der Waals surface area (Å²) in [4.78, 5) is 42.0. The van der Waals surface area contributed by atoms with E-state index in [0.29, 0.717) is 83.1 Å². The first-order chi connectivity index (χ1) is 19.4. The van der Waals surface area contributed by atoms with E-state index < -0.39 is 0 Å². The second-order valence-corrected chi connectivity index (χ2v) is 9.85. The Morgan fingerprint density at radius 1 is 1.35 bits per heavy atom. The first kappa shape index (κ1) is 27.2. The number of urea groups is 1. The Morgan fingerprint density at radius 3 is 3.00 bits per heavy atom. The van der Waals surface area contributed by atoms with Crippen LogP contribution < -0.4 is 37.4 Å². The number of nitrogens with zero attached hydrogens (tertiary/aromatic N) is 5. The molecule has 3 heterocycles. The average molecular weight is 561 g/mol. The second kappa shape index (κ2) is 11.8. The molecule has 2 aromatic heterocycles. The Labute approximate surface area is 235 Å². The molecule has 11 nitrogen and oxygen atoms in total. The van der Waals surface area contributed by atoms with E-state index in [1.807, 2.05) is 11.0 Å². The lowest BCUT2D eigenvalue weighted by Gasteiger charge is -2.28. The van der Waals surface area contributed by atoms with Crippen molar-refractivity contribution in [2.45, 2.75) is 31.7 Å². The summed E-state index contributed by atoms with van der Waals surface area (Å²) in [6.07, 6.45) is 11.9. The highest BCUT2D eigenvalue weighted by molar-refractivity contribution is 6.45. The molecule has 0 radical (unpaired) electrons. The number of terminal acetylenes is 1. The molecular weight excluding hydrogens is 532 g/mol. The summed E-state index contributed by atoms with van der Waals surface area (Å²) in [5, 5.41) is 6.94. The van der Waals surface area contributed by atoms with E-state index in [1.54, 1.807) is 35.9 Å². The molecule has 0 spiro atoms. The fraction of sp³-hybridized carbons (Fsp3) is 0.321. The Hall–Kier alpha value is -4.40. The van der Waals surface area contributed by atoms with Crippen molar-refractivity contribution >= 4 is 46.1 Å². The van der Waals surface area contributed by atoms with Gasteiger partial charge in [0, 0.05) is 30.9 Å². The summed E-state index contributed by atoms with van der Waals surface area (Å²) in [6.45, 7) is 1.39. The predicted octanol–water partition coefficient (Wildman–Crippen LogP) is 1.62. The molecule has 4 N–H and O–H groups in total. The van der Waals surface area contributed by atoms with Gasteiger partial charge in [-0.1, -0.05) is 29.7 Å². The quantitative estimate of drug-likeness (QED) is 0.292. The zero-order chi connectivity index (χ0) is 28.2. The smallest absolute Gasteiger partial charge is 0.319 e. The van der Waals surface area contributed by atoms with Crippen LogP contribution in [-0.4, -0.2) is 52.4 Å². The number of methoxy groups -OCH3 is 1. The highest BCUT2D eigenvalue weighted by Gasteiger charge is 2.33. The van der Waals surface area contributed by atoms with Crippen LogP contribution in [0.4, 0.5) is 22.1 Å². The van der Waals surface area contributed by atoms with Gasteiger partial charge in [-0.2, -0.15) is 0 Å². The van der Waals surface area contributed by atoms with Crippen LogP contribution in [0.5, 0.6) is 0 Å². The van der Waals surface area contributed by atoms with Crippen LogP contribution in [0.1, 0.15) is 43.1 Å². The largest absolute Gasteiger partial charge is 0.383 e. The van der Waals surface area contributed by atoms with E-state index in [4.69, 9.17) is 33.5 Å². The molecule has 206 valence electrons. The molecule has 1 atom stereocenters. The van der Waals surface area contributed by atoms with E-state index in [1.165, 1.54) is 6.33 Å². The predicted molar refractivity (Wildman–Crippen MR) is 155 cm³/mol. The number of nitrogen functional groups attached to an aromatic ring is 1. The molecule has 2 aliphatic rings. The number of amides is 2. The lowest BCUT2D eigenvalue weighted by Crippen LogP contribution is -2.51. The van der Waals surface area contributed by atoms with E-state index in [-0.39, 0.29) is 23.5 Å². The molecule has 1 aromatic carbocycles. The minimum atomic E-state index is -0.388. The Kier molecular flexibility index (Phi) is 8.00. The molecule has 3 aromatic rings. The minimum absolute atomic E-state index is 0.214. The van der Waals surface area contributed by atoms with Crippen LogP contribution >= 0.6 is 11.6 Å². The third kappa shape index (κ3) is 5.23. The first-order valence-corrected chi connectivity index (χ1v) is 13.3. The SMILES string of the molecule is C#Cc1c(N)ncnc1N1CCC[C@H]1c1nc2c(c(=O)n1-c1cccc(NC(=O)NCCOC)c1)=C(Cl)CCC=2. The number of halogens is 1. The van der Waals surface area contributed by atoms with Gasteiger partial charge in [0.15, 0.2) is 5.82 Å². The van der Waals surface area contributed by atoms with E-state index in [0.717, 1.165) is 6.42 Å². The van der Waals surface area contributed by atoms with Crippen molar-refractivity contribution in [3.8, 4) is 18.0 Å². The molecule has 1 aliphatic carbocycles. The Bertz CT molecular complexity index is 1680. The molecule has 5 rings (SSSR count). The number of carbonyl (C=O) groups is 1. The summed E-state index contributed by atoms with van der Waals surface area (Å²) in [5.41, 5.74) is 7.22. The minimum Gasteiger partial charge on any atom is -0.383 e. The third-order valence-corrected chi connectivity index (χ3v) is 7.27. The molecule has 2 amide bonds. The molecule has 12 heteroatoms. The lowest BCUT2D eigenvalue weighted by molar-refractivity contribution is 0.198. The molecule has 40 heavy (non-hydrogen) atoms. The maximum Gasteiger partial charge on any atom is 0.319 e. The molecule has 1 fully saturated rings. The van der Waals surface area contributed by atoms with Gasteiger partial charge in [-0.3, -0.25) is 9.36 Å². The maximum atomic E-state index is 14.1. The maximum absolute atomic E-state index is 14.1. The highest BCUT2D eigenvalue weighted by atomic mass is 35.5. The number of hydrogen-bond acceptors (Lipinski definition) is 8. The number of ether oxygens (including phenoxy) is 1. The number of benzene rings is 1. The number of aromatic nitrogens is 4. The van der Waals surface area contributed by atoms with Crippen LogP contribution in [0.2, 0.25) is 0 Å². The van der Waals surface area contributed by atoms with Crippen molar-refractivity contribution in [3.63, 3.8) is 0 Å².